The first-order chi connectivity index (χ1) is 27.4. The van der Waals surface area contributed by atoms with Crippen LogP contribution in [-0.4, -0.2) is 98.8 Å². The standard InChI is InChI=1S/C41H55N7O10/c1-7-22(3)34(39(55)46-32(41(57)58)19-27-21-42-29-17-13-12-16-28(27)29)48-40(56)35(23(4)8-2)47-38(54)31(20-33(50)51)45-36(52)24(5)43-37(53)30(44-25(6)49)18-26-14-10-9-11-15-26/h9-17,21-24,30-32,34-35,42H,7-8,18-20H2,1-6H3,(H,43,53)(H,44,49)(H,45,52)(H,46,55)(H,47,54)(H,48,56)(H,50,51)(H,57,58)/t22-,23-,24+,30-,31+,32+,34+,35+/m1/s1. The molecule has 8 atom stereocenters. The van der Waals surface area contributed by atoms with Crippen molar-refractivity contribution in [3.8, 4) is 0 Å². The fourth-order valence-corrected chi connectivity index (χ4v) is 6.25. The Morgan fingerprint density at radius 2 is 1.14 bits per heavy atom. The lowest BCUT2D eigenvalue weighted by Gasteiger charge is -2.30. The van der Waals surface area contributed by atoms with Gasteiger partial charge < -0.3 is 47.1 Å². The molecule has 0 saturated heterocycles. The van der Waals surface area contributed by atoms with Crippen LogP contribution in [0.3, 0.4) is 0 Å². The lowest BCUT2D eigenvalue weighted by Crippen LogP contribution is -2.61. The highest BCUT2D eigenvalue weighted by Gasteiger charge is 2.36. The van der Waals surface area contributed by atoms with E-state index in [1.165, 1.54) is 13.8 Å². The first-order valence-electron chi connectivity index (χ1n) is 19.3. The SMILES string of the molecule is CC[C@@H](C)[C@H](NC(=O)[C@H](CC(=O)O)NC(=O)[C@H](C)NC(=O)[C@@H](Cc1ccccc1)NC(C)=O)C(=O)N[C@H](C(=O)N[C@@H](Cc1c[nH]c2ccccc12)C(=O)O)[C@H](C)CC. The van der Waals surface area contributed by atoms with Gasteiger partial charge in [0, 0.05) is 36.9 Å². The largest absolute Gasteiger partial charge is 0.481 e. The van der Waals surface area contributed by atoms with Crippen LogP contribution in [0.1, 0.15) is 71.9 Å². The molecule has 0 aliphatic heterocycles. The maximum Gasteiger partial charge on any atom is 0.326 e. The Kier molecular flexibility index (Phi) is 17.4. The van der Waals surface area contributed by atoms with E-state index in [9.17, 15) is 48.6 Å². The summed E-state index contributed by atoms with van der Waals surface area (Å²) in [5.74, 6) is -8.37. The van der Waals surface area contributed by atoms with E-state index in [0.717, 1.165) is 16.5 Å². The highest BCUT2D eigenvalue weighted by molar-refractivity contribution is 5.98. The van der Waals surface area contributed by atoms with E-state index in [-0.39, 0.29) is 12.8 Å². The Morgan fingerprint density at radius 1 is 0.603 bits per heavy atom. The highest BCUT2D eigenvalue weighted by atomic mass is 16.4. The molecule has 0 aliphatic carbocycles. The molecule has 17 heteroatoms. The van der Waals surface area contributed by atoms with Gasteiger partial charge in [0.2, 0.25) is 35.4 Å². The molecular formula is C41H55N7O10. The van der Waals surface area contributed by atoms with Crippen LogP contribution in [0.4, 0.5) is 0 Å². The molecule has 3 rings (SSSR count). The summed E-state index contributed by atoms with van der Waals surface area (Å²) < 4.78 is 0. The van der Waals surface area contributed by atoms with Gasteiger partial charge in [-0.05, 0) is 36.0 Å². The lowest BCUT2D eigenvalue weighted by atomic mass is 9.94. The van der Waals surface area contributed by atoms with Crippen LogP contribution in [0.2, 0.25) is 0 Å². The van der Waals surface area contributed by atoms with Crippen LogP contribution in [0.25, 0.3) is 10.9 Å². The molecule has 58 heavy (non-hydrogen) atoms. The van der Waals surface area contributed by atoms with Gasteiger partial charge in [0.05, 0.1) is 6.42 Å². The van der Waals surface area contributed by atoms with Crippen molar-refractivity contribution in [3.63, 3.8) is 0 Å². The Labute approximate surface area is 336 Å². The van der Waals surface area contributed by atoms with Gasteiger partial charge in [0.15, 0.2) is 0 Å². The highest BCUT2D eigenvalue weighted by Crippen LogP contribution is 2.20. The van der Waals surface area contributed by atoms with Crippen molar-refractivity contribution < 1.29 is 48.6 Å². The second-order valence-corrected chi connectivity index (χ2v) is 14.5. The molecule has 0 spiro atoms. The van der Waals surface area contributed by atoms with Crippen LogP contribution in [0.5, 0.6) is 0 Å². The number of carbonyl (C=O) groups is 8. The van der Waals surface area contributed by atoms with E-state index in [4.69, 9.17) is 0 Å². The number of aromatic nitrogens is 1. The molecule has 0 unspecified atom stereocenters. The number of aliphatic carboxylic acids is 2. The van der Waals surface area contributed by atoms with Crippen LogP contribution in [0.15, 0.2) is 60.8 Å². The minimum absolute atomic E-state index is 0.0413. The summed E-state index contributed by atoms with van der Waals surface area (Å²) in [6, 6.07) is 8.30. The van der Waals surface area contributed by atoms with Crippen LogP contribution in [0, 0.1) is 11.8 Å². The number of H-pyrrole nitrogens is 1. The summed E-state index contributed by atoms with van der Waals surface area (Å²) in [5.41, 5.74) is 2.21. The minimum atomic E-state index is -1.69. The number of amides is 6. The molecule has 1 heterocycles. The first kappa shape index (κ1) is 46.1. The second-order valence-electron chi connectivity index (χ2n) is 14.5. The van der Waals surface area contributed by atoms with Crippen molar-refractivity contribution in [2.24, 2.45) is 11.8 Å². The zero-order valence-corrected chi connectivity index (χ0v) is 33.6. The zero-order chi connectivity index (χ0) is 43.1. The molecule has 0 saturated carbocycles. The molecule has 2 aromatic carbocycles. The number of aromatic amines is 1. The van der Waals surface area contributed by atoms with E-state index in [0.29, 0.717) is 18.4 Å². The van der Waals surface area contributed by atoms with Crippen molar-refractivity contribution in [2.45, 2.75) is 110 Å². The summed E-state index contributed by atoms with van der Waals surface area (Å²) >= 11 is 0. The zero-order valence-electron chi connectivity index (χ0n) is 33.6. The molecule has 0 aliphatic rings. The molecule has 314 valence electrons. The van der Waals surface area contributed by atoms with E-state index in [2.05, 4.69) is 36.9 Å². The molecule has 17 nitrogen and oxygen atoms in total. The summed E-state index contributed by atoms with van der Waals surface area (Å²) in [7, 11) is 0. The fraction of sp³-hybridized carbons (Fsp3) is 0.463. The number of carbonyl (C=O) groups excluding carboxylic acids is 6. The van der Waals surface area contributed by atoms with Crippen molar-refractivity contribution in [2.75, 3.05) is 0 Å². The quantitative estimate of drug-likeness (QED) is 0.0708. The predicted molar refractivity (Wildman–Crippen MR) is 214 cm³/mol. The van der Waals surface area contributed by atoms with E-state index >= 15 is 0 Å². The van der Waals surface area contributed by atoms with Crippen LogP contribution < -0.4 is 31.9 Å². The Morgan fingerprint density at radius 3 is 1.71 bits per heavy atom. The minimum Gasteiger partial charge on any atom is -0.481 e. The molecule has 9 N–H and O–H groups in total. The van der Waals surface area contributed by atoms with E-state index < -0.39 is 102 Å². The van der Waals surface area contributed by atoms with Gasteiger partial charge in [-0.15, -0.1) is 0 Å². The Balaban J connectivity index is 1.75. The third-order valence-corrected chi connectivity index (χ3v) is 10.0. The monoisotopic (exact) mass is 805 g/mol. The average Bonchev–Trinajstić information content (AvgIpc) is 3.59. The van der Waals surface area contributed by atoms with Crippen molar-refractivity contribution in [1.82, 2.24) is 36.9 Å². The number of carboxylic acids is 2. The number of fused-ring (bicyclic) bond motifs is 1. The van der Waals surface area contributed by atoms with E-state index in [1.807, 2.05) is 24.3 Å². The van der Waals surface area contributed by atoms with Gasteiger partial charge in [0.25, 0.3) is 0 Å². The number of nitrogens with one attached hydrogen (secondary N) is 7. The lowest BCUT2D eigenvalue weighted by molar-refractivity contribution is -0.142. The van der Waals surface area contributed by atoms with Crippen molar-refractivity contribution >= 4 is 58.3 Å². The molecular weight excluding hydrogens is 750 g/mol. The number of para-hydroxylation sites is 1. The normalized spacial score (nSPS) is 15.2. The van der Waals surface area contributed by atoms with Gasteiger partial charge >= 0.3 is 11.9 Å². The molecule has 0 fully saturated rings. The fourth-order valence-electron chi connectivity index (χ4n) is 6.25. The molecule has 1 aromatic heterocycles. The maximum absolute atomic E-state index is 13.9. The summed E-state index contributed by atoms with van der Waals surface area (Å²) in [4.78, 5) is 107. The molecule has 0 radical (unpaired) electrons. The molecule has 6 amide bonds. The Bertz CT molecular complexity index is 1930. The summed E-state index contributed by atoms with van der Waals surface area (Å²) in [6.45, 7) is 9.47. The van der Waals surface area contributed by atoms with E-state index in [1.54, 1.807) is 64.2 Å². The Hall–Kier alpha value is -6.26. The van der Waals surface area contributed by atoms with Gasteiger partial charge in [-0.25, -0.2) is 4.79 Å². The third-order valence-electron chi connectivity index (χ3n) is 10.0. The van der Waals surface area contributed by atoms with Crippen LogP contribution >= 0.6 is 0 Å². The number of rotatable bonds is 22. The number of benzene rings is 2. The first-order valence-corrected chi connectivity index (χ1v) is 19.3. The number of hydrogen-bond acceptors (Lipinski definition) is 8. The van der Waals surface area contributed by atoms with Gasteiger partial charge in [-0.2, -0.15) is 0 Å². The smallest absolute Gasteiger partial charge is 0.326 e. The molecule has 0 bridgehead atoms. The number of hydrogen-bond donors (Lipinski definition) is 9. The maximum atomic E-state index is 13.9. The third kappa shape index (κ3) is 13.4. The van der Waals surface area contributed by atoms with Gasteiger partial charge in [0.1, 0.15) is 36.3 Å². The van der Waals surface area contributed by atoms with Crippen molar-refractivity contribution in [3.05, 3.63) is 71.9 Å². The summed E-state index contributed by atoms with van der Waals surface area (Å²) in [5, 5.41) is 35.6. The number of carboxylic acid groups (broad SMARTS) is 2. The second kappa shape index (κ2) is 21.9. The predicted octanol–water partition coefficient (Wildman–Crippen LogP) is 1.55. The van der Waals surface area contributed by atoms with Gasteiger partial charge in [-0.3, -0.25) is 33.6 Å². The average molecular weight is 806 g/mol. The van der Waals surface area contributed by atoms with Gasteiger partial charge in [-0.1, -0.05) is 89.1 Å². The summed E-state index contributed by atoms with van der Waals surface area (Å²) in [6.07, 6.45) is 1.66. The topological polar surface area (TPSA) is 265 Å². The molecule has 3 aromatic rings. The van der Waals surface area contributed by atoms with Crippen molar-refractivity contribution in [1.29, 1.82) is 0 Å². The van der Waals surface area contributed by atoms with Crippen LogP contribution in [-0.2, 0) is 51.2 Å².